The van der Waals surface area contributed by atoms with Crippen LogP contribution in [-0.2, 0) is 14.3 Å². The van der Waals surface area contributed by atoms with Crippen LogP contribution in [0.3, 0.4) is 0 Å². The highest BCUT2D eigenvalue weighted by Gasteiger charge is 2.24. The van der Waals surface area contributed by atoms with E-state index in [1.807, 2.05) is 0 Å². The Morgan fingerprint density at radius 1 is 0.500 bits per heavy atom. The van der Waals surface area contributed by atoms with Crippen LogP contribution in [-0.4, -0.2) is 46.9 Å². The summed E-state index contributed by atoms with van der Waals surface area (Å²) in [4.78, 5) is 26.0. The van der Waals surface area contributed by atoms with Gasteiger partial charge < -0.3 is 20.3 Å². The second-order valence-electron chi connectivity index (χ2n) is 16.9. The van der Waals surface area contributed by atoms with Gasteiger partial charge in [0.25, 0.3) is 0 Å². The third kappa shape index (κ3) is 40.6. The van der Waals surface area contributed by atoms with E-state index in [0.29, 0.717) is 19.3 Å². The predicted molar refractivity (Wildman–Crippen MR) is 250 cm³/mol. The van der Waals surface area contributed by atoms with Gasteiger partial charge in [-0.1, -0.05) is 198 Å². The summed E-state index contributed by atoms with van der Waals surface area (Å²) in [6.45, 7) is 6.40. The molecule has 0 aliphatic heterocycles. The largest absolute Gasteiger partial charge is 0.462 e. The van der Waals surface area contributed by atoms with Gasteiger partial charge in [-0.3, -0.25) is 9.59 Å². The van der Waals surface area contributed by atoms with Crippen molar-refractivity contribution in [1.29, 1.82) is 0 Å². The third-order valence-electron chi connectivity index (χ3n) is 11.1. The zero-order chi connectivity index (χ0) is 42.4. The van der Waals surface area contributed by atoms with Gasteiger partial charge in [0.15, 0.2) is 0 Å². The molecule has 3 N–H and O–H groups in total. The van der Waals surface area contributed by atoms with Crippen LogP contribution in [0, 0.1) is 0 Å². The Hall–Kier alpha value is -2.18. The molecule has 0 aliphatic rings. The maximum absolute atomic E-state index is 13.1. The molecule has 338 valence electrons. The third-order valence-corrected chi connectivity index (χ3v) is 11.1. The van der Waals surface area contributed by atoms with E-state index in [2.05, 4.69) is 74.7 Å². The minimum Gasteiger partial charge on any atom is -0.462 e. The highest BCUT2D eigenvalue weighted by Crippen LogP contribution is 2.17. The fourth-order valence-corrected chi connectivity index (χ4v) is 7.30. The van der Waals surface area contributed by atoms with Gasteiger partial charge in [0.1, 0.15) is 6.10 Å². The van der Waals surface area contributed by atoms with Crippen LogP contribution < -0.4 is 5.32 Å². The van der Waals surface area contributed by atoms with Gasteiger partial charge in [0.05, 0.1) is 25.2 Å². The number of amides is 1. The summed E-state index contributed by atoms with van der Waals surface area (Å²) in [5.74, 6) is -0.515. The van der Waals surface area contributed by atoms with Crippen LogP contribution in [0.1, 0.15) is 245 Å². The Kier molecular flexibility index (Phi) is 44.2. The zero-order valence-corrected chi connectivity index (χ0v) is 38.4. The molecule has 6 heteroatoms. The number of nitrogens with one attached hydrogen (secondary N) is 1. The number of hydrogen-bond donors (Lipinski definition) is 3. The molecular weight excluding hydrogens is 719 g/mol. The molecule has 3 atom stereocenters. The number of aliphatic hydroxyl groups excluding tert-OH is 2. The van der Waals surface area contributed by atoms with Crippen molar-refractivity contribution in [1.82, 2.24) is 5.32 Å². The van der Waals surface area contributed by atoms with Crippen LogP contribution >= 0.6 is 0 Å². The van der Waals surface area contributed by atoms with Gasteiger partial charge in [-0.2, -0.15) is 0 Å². The first-order chi connectivity index (χ1) is 28.5. The Bertz CT molecular complexity index is 1000. The van der Waals surface area contributed by atoms with Gasteiger partial charge >= 0.3 is 5.97 Å². The van der Waals surface area contributed by atoms with Crippen LogP contribution in [0.15, 0.2) is 48.6 Å². The van der Waals surface area contributed by atoms with E-state index in [-0.39, 0.29) is 24.9 Å². The van der Waals surface area contributed by atoms with Crippen molar-refractivity contribution in [3.63, 3.8) is 0 Å². The summed E-state index contributed by atoms with van der Waals surface area (Å²) >= 11 is 0. The Morgan fingerprint density at radius 2 is 0.897 bits per heavy atom. The first-order valence-corrected chi connectivity index (χ1v) is 24.9. The summed E-state index contributed by atoms with van der Waals surface area (Å²) in [6.07, 6.45) is 54.6. The molecule has 1 amide bonds. The molecule has 0 radical (unpaired) electrons. The van der Waals surface area contributed by atoms with Crippen molar-refractivity contribution in [3.8, 4) is 0 Å². The number of rotatable bonds is 44. The van der Waals surface area contributed by atoms with Gasteiger partial charge in [0, 0.05) is 6.42 Å². The van der Waals surface area contributed by atoms with Gasteiger partial charge in [-0.25, -0.2) is 0 Å². The molecule has 0 bridgehead atoms. The molecule has 0 aromatic carbocycles. The number of carbonyl (C=O) groups excluding carboxylic acids is 2. The average Bonchev–Trinajstić information content (AvgIpc) is 3.22. The van der Waals surface area contributed by atoms with Crippen molar-refractivity contribution >= 4 is 11.9 Å². The highest BCUT2D eigenvalue weighted by atomic mass is 16.5. The molecule has 0 rings (SSSR count). The quantitative estimate of drug-likeness (QED) is 0.0323. The van der Waals surface area contributed by atoms with Crippen LogP contribution in [0.2, 0.25) is 0 Å². The topological polar surface area (TPSA) is 95.9 Å². The fourth-order valence-electron chi connectivity index (χ4n) is 7.30. The van der Waals surface area contributed by atoms with Gasteiger partial charge in [-0.05, 0) is 83.5 Å². The molecule has 0 aromatic rings. The number of esters is 1. The van der Waals surface area contributed by atoms with Crippen LogP contribution in [0.25, 0.3) is 0 Å². The Labute approximate surface area is 359 Å². The molecular formula is C52H95NO5. The lowest BCUT2D eigenvalue weighted by Gasteiger charge is -2.24. The minimum absolute atomic E-state index is 0.0574. The summed E-state index contributed by atoms with van der Waals surface area (Å²) in [6, 6.07) is -0.709. The van der Waals surface area contributed by atoms with Crippen LogP contribution in [0.5, 0.6) is 0 Å². The predicted octanol–water partition coefficient (Wildman–Crippen LogP) is 14.7. The van der Waals surface area contributed by atoms with Crippen molar-refractivity contribution in [2.75, 3.05) is 6.61 Å². The SMILES string of the molecule is CCCC/C=C\CCCCCC(CC(=O)NC(CO)C(O)CCCCCCCCCCCCCCC)OC(=O)CCCCCC/C=C\C/C=C\C/C=C\CCCCC. The molecule has 0 saturated heterocycles. The molecule has 58 heavy (non-hydrogen) atoms. The van der Waals surface area contributed by atoms with Crippen molar-refractivity contribution < 1.29 is 24.5 Å². The van der Waals surface area contributed by atoms with Crippen molar-refractivity contribution in [2.24, 2.45) is 0 Å². The monoisotopic (exact) mass is 814 g/mol. The van der Waals surface area contributed by atoms with E-state index < -0.39 is 18.2 Å². The smallest absolute Gasteiger partial charge is 0.306 e. The second kappa shape index (κ2) is 45.9. The summed E-state index contributed by atoms with van der Waals surface area (Å²) in [7, 11) is 0. The normalized spacial score (nSPS) is 13.7. The lowest BCUT2D eigenvalue weighted by molar-refractivity contribution is -0.151. The summed E-state index contributed by atoms with van der Waals surface area (Å²) in [5, 5.41) is 23.7. The fraction of sp³-hybridized carbons (Fsp3) is 0.808. The van der Waals surface area contributed by atoms with Gasteiger partial charge in [0.2, 0.25) is 5.91 Å². The molecule has 0 saturated carbocycles. The number of allylic oxidation sites excluding steroid dienone is 8. The van der Waals surface area contributed by atoms with E-state index in [9.17, 15) is 19.8 Å². The maximum Gasteiger partial charge on any atom is 0.306 e. The average molecular weight is 814 g/mol. The molecule has 6 nitrogen and oxygen atoms in total. The first-order valence-electron chi connectivity index (χ1n) is 24.9. The van der Waals surface area contributed by atoms with Gasteiger partial charge in [-0.15, -0.1) is 0 Å². The molecule has 0 spiro atoms. The van der Waals surface area contributed by atoms with Crippen molar-refractivity contribution in [3.05, 3.63) is 48.6 Å². The standard InChI is InChI=1S/C52H95NO5/c1-4-7-10-13-16-19-21-23-24-25-26-28-30-33-36-39-42-45-52(57)58-48(43-40-37-34-31-18-15-12-9-6-3)46-51(56)53-49(47-54)50(55)44-41-38-35-32-29-27-22-20-17-14-11-8-5-2/h15-16,18-19,23-24,26,28,48-50,54-55H,4-14,17,20-22,25,27,29-47H2,1-3H3,(H,53,56)/b18-15-,19-16-,24-23-,28-26-. The number of ether oxygens (including phenoxy) is 1. The molecule has 0 heterocycles. The molecule has 0 fully saturated rings. The van der Waals surface area contributed by atoms with E-state index in [0.717, 1.165) is 96.3 Å². The van der Waals surface area contributed by atoms with E-state index >= 15 is 0 Å². The minimum atomic E-state index is -0.794. The second-order valence-corrected chi connectivity index (χ2v) is 16.9. The number of aliphatic hydroxyl groups is 2. The van der Waals surface area contributed by atoms with E-state index in [4.69, 9.17) is 4.74 Å². The van der Waals surface area contributed by atoms with Crippen molar-refractivity contribution in [2.45, 2.75) is 264 Å². The highest BCUT2D eigenvalue weighted by molar-refractivity contribution is 5.77. The molecule has 0 aliphatic carbocycles. The number of hydrogen-bond acceptors (Lipinski definition) is 5. The van der Waals surface area contributed by atoms with E-state index in [1.165, 1.54) is 103 Å². The number of unbranched alkanes of at least 4 members (excludes halogenated alkanes) is 24. The van der Waals surface area contributed by atoms with Crippen LogP contribution in [0.4, 0.5) is 0 Å². The lowest BCUT2D eigenvalue weighted by Crippen LogP contribution is -2.46. The molecule has 3 unspecified atom stereocenters. The maximum atomic E-state index is 13.1. The van der Waals surface area contributed by atoms with E-state index in [1.54, 1.807) is 0 Å². The lowest BCUT2D eigenvalue weighted by atomic mass is 10.0. The Balaban J connectivity index is 4.52. The zero-order valence-electron chi connectivity index (χ0n) is 38.4. The summed E-state index contributed by atoms with van der Waals surface area (Å²) < 4.78 is 5.89. The number of carbonyl (C=O) groups is 2. The Morgan fingerprint density at radius 3 is 1.45 bits per heavy atom. The first kappa shape index (κ1) is 55.8. The molecule has 0 aromatic heterocycles. The summed E-state index contributed by atoms with van der Waals surface area (Å²) in [5.41, 5.74) is 0.